The number of hydrogen-bond acceptors (Lipinski definition) is 3. The van der Waals surface area contributed by atoms with Gasteiger partial charge in [-0.3, -0.25) is 0 Å². The maximum absolute atomic E-state index is 5.69. The van der Waals surface area contributed by atoms with Gasteiger partial charge in [0.1, 0.15) is 0 Å². The van der Waals surface area contributed by atoms with Crippen LogP contribution in [0.25, 0.3) is 0 Å². The van der Waals surface area contributed by atoms with E-state index in [1.807, 2.05) is 0 Å². The Morgan fingerprint density at radius 3 is 2.37 bits per heavy atom. The lowest BCUT2D eigenvalue weighted by molar-refractivity contribution is 0.0975. The summed E-state index contributed by atoms with van der Waals surface area (Å²) in [5.41, 5.74) is 0.310. The first-order valence-corrected chi connectivity index (χ1v) is 7.86. The molecular weight excluding hydrogens is 236 g/mol. The van der Waals surface area contributed by atoms with Gasteiger partial charge in [-0.2, -0.15) is 0 Å². The van der Waals surface area contributed by atoms with Gasteiger partial charge in [0, 0.05) is 37.2 Å². The normalized spacial score (nSPS) is 25.7. The lowest BCUT2D eigenvalue weighted by Crippen LogP contribution is -2.47. The monoisotopic (exact) mass is 270 g/mol. The third kappa shape index (κ3) is 5.80. The molecule has 0 bridgehead atoms. The molecule has 2 unspecified atom stereocenters. The minimum atomic E-state index is 0.310. The van der Waals surface area contributed by atoms with Crippen LogP contribution in [0.3, 0.4) is 0 Å². The molecule has 19 heavy (non-hydrogen) atoms. The third-order valence-electron chi connectivity index (χ3n) is 4.22. The van der Waals surface area contributed by atoms with Crippen LogP contribution in [0.15, 0.2) is 0 Å². The first kappa shape index (κ1) is 16.9. The fourth-order valence-electron chi connectivity index (χ4n) is 2.94. The van der Waals surface area contributed by atoms with Crippen LogP contribution in [-0.2, 0) is 4.74 Å². The third-order valence-corrected chi connectivity index (χ3v) is 4.22. The zero-order chi connectivity index (χ0) is 14.5. The number of rotatable bonds is 8. The van der Waals surface area contributed by atoms with E-state index in [1.54, 1.807) is 0 Å². The fraction of sp³-hybridized carbons (Fsp3) is 1.00. The average Bonchev–Trinajstić information content (AvgIpc) is 2.74. The van der Waals surface area contributed by atoms with Crippen LogP contribution in [0.1, 0.15) is 47.5 Å². The van der Waals surface area contributed by atoms with E-state index in [4.69, 9.17) is 4.74 Å². The highest BCUT2D eigenvalue weighted by molar-refractivity contribution is 4.89. The second kappa shape index (κ2) is 7.61. The largest absolute Gasteiger partial charge is 0.381 e. The van der Waals surface area contributed by atoms with Crippen molar-refractivity contribution in [2.45, 2.75) is 59.5 Å². The van der Waals surface area contributed by atoms with Crippen molar-refractivity contribution >= 4 is 0 Å². The molecule has 0 aliphatic carbocycles. The first-order valence-electron chi connectivity index (χ1n) is 7.86. The zero-order valence-electron chi connectivity index (χ0n) is 13.8. The smallest absolute Gasteiger partial charge is 0.0547 e. The molecule has 3 nitrogen and oxygen atoms in total. The minimum absolute atomic E-state index is 0.310. The molecule has 1 N–H and O–H groups in total. The van der Waals surface area contributed by atoms with Crippen molar-refractivity contribution in [3.05, 3.63) is 0 Å². The van der Waals surface area contributed by atoms with E-state index in [0.717, 1.165) is 32.2 Å². The maximum Gasteiger partial charge on any atom is 0.0547 e. The van der Waals surface area contributed by atoms with E-state index in [0.29, 0.717) is 17.5 Å². The summed E-state index contributed by atoms with van der Waals surface area (Å²) in [4.78, 5) is 2.52. The molecule has 0 aromatic carbocycles. The van der Waals surface area contributed by atoms with E-state index in [-0.39, 0.29) is 0 Å². The van der Waals surface area contributed by atoms with Crippen molar-refractivity contribution in [2.75, 3.05) is 33.4 Å². The summed E-state index contributed by atoms with van der Waals surface area (Å²) in [6.07, 6.45) is 2.45. The molecule has 0 spiro atoms. The highest BCUT2D eigenvalue weighted by Crippen LogP contribution is 2.30. The Bertz CT molecular complexity index is 247. The topological polar surface area (TPSA) is 24.5 Å². The lowest BCUT2D eigenvalue weighted by Gasteiger charge is -2.36. The number of ether oxygens (including phenoxy) is 1. The molecule has 1 aliphatic rings. The summed E-state index contributed by atoms with van der Waals surface area (Å²) in [6, 6.07) is 1.20. The van der Waals surface area contributed by atoms with Crippen molar-refractivity contribution < 1.29 is 4.74 Å². The van der Waals surface area contributed by atoms with E-state index in [2.05, 4.69) is 51.9 Å². The van der Waals surface area contributed by atoms with Crippen LogP contribution in [-0.4, -0.2) is 50.3 Å². The Balaban J connectivity index is 2.52. The molecule has 0 aromatic rings. The Morgan fingerprint density at radius 2 is 1.89 bits per heavy atom. The Labute approximate surface area is 120 Å². The van der Waals surface area contributed by atoms with Gasteiger partial charge in [-0.1, -0.05) is 27.7 Å². The molecule has 0 radical (unpaired) electrons. The van der Waals surface area contributed by atoms with Gasteiger partial charge >= 0.3 is 0 Å². The van der Waals surface area contributed by atoms with Crippen LogP contribution in [0.4, 0.5) is 0 Å². The fourth-order valence-corrected chi connectivity index (χ4v) is 2.94. The molecule has 1 fully saturated rings. The van der Waals surface area contributed by atoms with Gasteiger partial charge in [-0.05, 0) is 32.7 Å². The second-order valence-electron chi connectivity index (χ2n) is 7.23. The van der Waals surface area contributed by atoms with Crippen LogP contribution < -0.4 is 5.32 Å². The molecule has 3 heteroatoms. The SMILES string of the molecule is CC(C)CC(C)N(C)CC1(CNC(C)C)CCOC1. The van der Waals surface area contributed by atoms with E-state index in [9.17, 15) is 0 Å². The molecule has 114 valence electrons. The van der Waals surface area contributed by atoms with Gasteiger partial charge in [-0.25, -0.2) is 0 Å². The Kier molecular flexibility index (Phi) is 6.78. The highest BCUT2D eigenvalue weighted by atomic mass is 16.5. The van der Waals surface area contributed by atoms with Crippen molar-refractivity contribution in [3.63, 3.8) is 0 Å². The summed E-state index contributed by atoms with van der Waals surface area (Å²) in [5, 5.41) is 3.61. The average molecular weight is 270 g/mol. The first-order chi connectivity index (χ1) is 8.84. The van der Waals surface area contributed by atoms with E-state index in [1.165, 1.54) is 12.8 Å². The van der Waals surface area contributed by atoms with Gasteiger partial charge in [0.15, 0.2) is 0 Å². The van der Waals surface area contributed by atoms with Crippen molar-refractivity contribution in [2.24, 2.45) is 11.3 Å². The van der Waals surface area contributed by atoms with Crippen LogP contribution in [0.2, 0.25) is 0 Å². The van der Waals surface area contributed by atoms with Crippen molar-refractivity contribution in [1.29, 1.82) is 0 Å². The Hall–Kier alpha value is -0.120. The van der Waals surface area contributed by atoms with Crippen LogP contribution in [0, 0.1) is 11.3 Å². The molecular formula is C16H34N2O. The van der Waals surface area contributed by atoms with Crippen LogP contribution in [0.5, 0.6) is 0 Å². The summed E-state index contributed by atoms with van der Waals surface area (Å²) in [6.45, 7) is 15.4. The van der Waals surface area contributed by atoms with Gasteiger partial charge in [0.2, 0.25) is 0 Å². The number of hydrogen-bond donors (Lipinski definition) is 1. The molecule has 1 aliphatic heterocycles. The van der Waals surface area contributed by atoms with E-state index < -0.39 is 0 Å². The molecule has 0 aromatic heterocycles. The molecule has 2 atom stereocenters. The number of nitrogens with one attached hydrogen (secondary N) is 1. The standard InChI is InChI=1S/C16H34N2O/c1-13(2)9-15(5)18(6)11-16(7-8-19-12-16)10-17-14(3)4/h13-15,17H,7-12H2,1-6H3. The minimum Gasteiger partial charge on any atom is -0.381 e. The molecule has 0 amide bonds. The zero-order valence-corrected chi connectivity index (χ0v) is 13.8. The van der Waals surface area contributed by atoms with Crippen LogP contribution >= 0.6 is 0 Å². The quantitative estimate of drug-likeness (QED) is 0.734. The predicted octanol–water partition coefficient (Wildman–Crippen LogP) is 2.76. The van der Waals surface area contributed by atoms with Gasteiger partial charge in [0.05, 0.1) is 6.61 Å². The molecule has 1 heterocycles. The highest BCUT2D eigenvalue weighted by Gasteiger charge is 2.36. The predicted molar refractivity (Wildman–Crippen MR) is 82.6 cm³/mol. The molecule has 0 saturated carbocycles. The summed E-state index contributed by atoms with van der Waals surface area (Å²) in [5.74, 6) is 0.766. The van der Waals surface area contributed by atoms with Crippen molar-refractivity contribution in [1.82, 2.24) is 10.2 Å². The lowest BCUT2D eigenvalue weighted by atomic mass is 9.85. The van der Waals surface area contributed by atoms with Crippen molar-refractivity contribution in [3.8, 4) is 0 Å². The second-order valence-corrected chi connectivity index (χ2v) is 7.23. The van der Waals surface area contributed by atoms with E-state index >= 15 is 0 Å². The molecule has 1 saturated heterocycles. The summed E-state index contributed by atoms with van der Waals surface area (Å²) < 4.78 is 5.69. The van der Waals surface area contributed by atoms with Gasteiger partial charge < -0.3 is 15.0 Å². The molecule has 1 rings (SSSR count). The summed E-state index contributed by atoms with van der Waals surface area (Å²) >= 11 is 0. The van der Waals surface area contributed by atoms with Gasteiger partial charge in [0.25, 0.3) is 0 Å². The van der Waals surface area contributed by atoms with Gasteiger partial charge in [-0.15, -0.1) is 0 Å². The number of nitrogens with zero attached hydrogens (tertiary/aromatic N) is 1. The maximum atomic E-state index is 5.69. The summed E-state index contributed by atoms with van der Waals surface area (Å²) in [7, 11) is 2.27. The Morgan fingerprint density at radius 1 is 1.21 bits per heavy atom.